The fourth-order valence-corrected chi connectivity index (χ4v) is 9.66. The van der Waals surface area contributed by atoms with Crippen molar-refractivity contribution in [2.75, 3.05) is 16.5 Å². The van der Waals surface area contributed by atoms with E-state index in [2.05, 4.69) is 189 Å². The van der Waals surface area contributed by atoms with Crippen molar-refractivity contribution in [3.63, 3.8) is 0 Å². The van der Waals surface area contributed by atoms with Crippen molar-refractivity contribution in [3.05, 3.63) is 229 Å². The Hall–Kier alpha value is -7.89. The van der Waals surface area contributed by atoms with Gasteiger partial charge in [0, 0.05) is 55.6 Å². The Morgan fingerprint density at radius 1 is 0.493 bits per heavy atom. The Kier molecular flexibility index (Phi) is 9.46. The number of aromatic nitrogens is 2. The Bertz CT molecular complexity index is 3570. The van der Waals surface area contributed by atoms with Crippen molar-refractivity contribution >= 4 is 44.6 Å². The number of rotatable bonds is 9. The normalized spacial score (nSPS) is 13.7. The van der Waals surface area contributed by atoms with E-state index in [1.165, 1.54) is 16.7 Å². The molecule has 0 fully saturated rings. The fraction of sp³-hybridized carbons (Fsp3) is 0.145. The van der Waals surface area contributed by atoms with Crippen molar-refractivity contribution in [2.24, 2.45) is 0 Å². The van der Waals surface area contributed by atoms with Crippen molar-refractivity contribution in [2.45, 2.75) is 52.3 Å². The first-order valence-electron chi connectivity index (χ1n) is 24.5. The van der Waals surface area contributed by atoms with Crippen LogP contribution in [0.4, 0.5) is 22.7 Å². The Labute approximate surface area is 398 Å². The summed E-state index contributed by atoms with van der Waals surface area (Å²) in [5.41, 5.74) is 13.4. The smallest absolute Gasteiger partial charge is 0.137 e. The van der Waals surface area contributed by atoms with Crippen LogP contribution in [-0.4, -0.2) is 16.2 Å². The number of para-hydroxylation sites is 1. The zero-order chi connectivity index (χ0) is 48.4. The molecule has 67 heavy (non-hydrogen) atoms. The van der Waals surface area contributed by atoms with Crippen LogP contribution in [0, 0.1) is 6.85 Å². The highest BCUT2D eigenvalue weighted by Gasteiger charge is 2.30. The van der Waals surface area contributed by atoms with E-state index >= 15 is 0 Å². The summed E-state index contributed by atoms with van der Waals surface area (Å²) in [4.78, 5) is 9.79. The van der Waals surface area contributed by atoms with Gasteiger partial charge in [-0.05, 0) is 112 Å². The highest BCUT2D eigenvalue weighted by molar-refractivity contribution is 6.09. The van der Waals surface area contributed by atoms with Crippen LogP contribution in [0.5, 0.6) is 11.5 Å². The molecule has 0 bridgehead atoms. The molecule has 8 aromatic carbocycles. The molecule has 2 aromatic heterocycles. The minimum atomic E-state index is -2.41. The van der Waals surface area contributed by atoms with Crippen LogP contribution < -0.4 is 14.5 Å². The van der Waals surface area contributed by atoms with Gasteiger partial charge in [-0.25, -0.2) is 4.98 Å². The molecule has 5 heteroatoms. The zero-order valence-corrected chi connectivity index (χ0v) is 38.5. The van der Waals surface area contributed by atoms with Gasteiger partial charge in [0.25, 0.3) is 0 Å². The van der Waals surface area contributed by atoms with E-state index in [0.29, 0.717) is 29.5 Å². The number of benzene rings is 8. The first-order chi connectivity index (χ1) is 33.7. The standard InChI is InChI=1S/C62H54N4O/c1-42-34-60(63-40-55(42)45-20-15-24-48(35-45)62(5,6)46-21-11-8-12-22-46)66-56-29-14-13-28-53(56)54-32-31-52(39-58(54)66)67-51-27-17-26-50(38-51)64-41-65(49-25-16-23-47(37-49)61(2,3)4)59-36-44(30-33-57(59)64)43-18-9-7-10-19-43/h7-40H,41H2,1-6H3/i1D3. The van der Waals surface area contributed by atoms with Crippen LogP contribution in [0.25, 0.3) is 49.9 Å². The quantitative estimate of drug-likeness (QED) is 0.145. The number of fused-ring (bicyclic) bond motifs is 4. The number of aryl methyl sites for hydroxylation is 1. The molecule has 1 aliphatic rings. The van der Waals surface area contributed by atoms with Gasteiger partial charge in [-0.1, -0.05) is 162 Å². The third-order valence-electron chi connectivity index (χ3n) is 13.5. The molecule has 1 aliphatic heterocycles. The maximum atomic E-state index is 8.80. The van der Waals surface area contributed by atoms with Gasteiger partial charge >= 0.3 is 0 Å². The summed E-state index contributed by atoms with van der Waals surface area (Å²) >= 11 is 0. The van der Waals surface area contributed by atoms with E-state index in [-0.39, 0.29) is 16.4 Å². The molecular weight excluding hydrogens is 817 g/mol. The maximum Gasteiger partial charge on any atom is 0.137 e. The number of pyridine rings is 1. The topological polar surface area (TPSA) is 33.5 Å². The second kappa shape index (κ2) is 16.5. The highest BCUT2D eigenvalue weighted by atomic mass is 16.5. The van der Waals surface area contributed by atoms with Gasteiger partial charge in [-0.3, -0.25) is 4.57 Å². The van der Waals surface area contributed by atoms with Crippen LogP contribution in [0.1, 0.15) is 61.0 Å². The van der Waals surface area contributed by atoms with Crippen LogP contribution in [0.3, 0.4) is 0 Å². The number of hydrogen-bond acceptors (Lipinski definition) is 4. The van der Waals surface area contributed by atoms with E-state index in [1.54, 1.807) is 12.3 Å². The molecule has 11 rings (SSSR count). The highest BCUT2D eigenvalue weighted by Crippen LogP contribution is 2.47. The van der Waals surface area contributed by atoms with Gasteiger partial charge in [0.15, 0.2) is 0 Å². The van der Waals surface area contributed by atoms with Crippen LogP contribution >= 0.6 is 0 Å². The lowest BCUT2D eigenvalue weighted by molar-refractivity contribution is 0.483. The van der Waals surface area contributed by atoms with Gasteiger partial charge in [0.05, 0.1) is 22.4 Å². The summed E-state index contributed by atoms with van der Waals surface area (Å²) in [6, 6.07) is 69.0. The molecule has 5 nitrogen and oxygen atoms in total. The van der Waals surface area contributed by atoms with Gasteiger partial charge in [0.1, 0.15) is 24.0 Å². The maximum absolute atomic E-state index is 8.80. The third kappa shape index (κ3) is 7.70. The van der Waals surface area contributed by atoms with E-state index in [4.69, 9.17) is 13.8 Å². The first kappa shape index (κ1) is 38.4. The molecular formula is C62H54N4O. The van der Waals surface area contributed by atoms with Crippen LogP contribution in [0.2, 0.25) is 0 Å². The van der Waals surface area contributed by atoms with Crippen molar-refractivity contribution in [1.82, 2.24) is 9.55 Å². The lowest BCUT2D eigenvalue weighted by Gasteiger charge is -2.26. The van der Waals surface area contributed by atoms with Crippen molar-refractivity contribution < 1.29 is 8.85 Å². The second-order valence-electron chi connectivity index (χ2n) is 19.2. The molecule has 0 aliphatic carbocycles. The number of ether oxygens (including phenoxy) is 1. The van der Waals surface area contributed by atoms with Crippen molar-refractivity contribution in [1.29, 1.82) is 0 Å². The Morgan fingerprint density at radius 2 is 1.15 bits per heavy atom. The molecule has 0 radical (unpaired) electrons. The summed E-state index contributed by atoms with van der Waals surface area (Å²) in [5, 5.41) is 2.04. The summed E-state index contributed by atoms with van der Waals surface area (Å²) < 4.78 is 35.2. The van der Waals surface area contributed by atoms with E-state index in [0.717, 1.165) is 61.2 Å². The number of hydrogen-bond donors (Lipinski definition) is 0. The van der Waals surface area contributed by atoms with E-state index < -0.39 is 6.85 Å². The van der Waals surface area contributed by atoms with Gasteiger partial charge in [-0.15, -0.1) is 0 Å². The molecule has 0 N–H and O–H groups in total. The predicted molar refractivity (Wildman–Crippen MR) is 280 cm³/mol. The number of anilines is 4. The minimum Gasteiger partial charge on any atom is -0.457 e. The monoisotopic (exact) mass is 873 g/mol. The molecule has 0 unspecified atom stereocenters. The molecule has 0 saturated heterocycles. The van der Waals surface area contributed by atoms with Gasteiger partial charge in [0.2, 0.25) is 0 Å². The summed E-state index contributed by atoms with van der Waals surface area (Å²) in [7, 11) is 0. The molecule has 3 heterocycles. The molecule has 0 amide bonds. The molecule has 328 valence electrons. The summed E-state index contributed by atoms with van der Waals surface area (Å²) in [5.74, 6) is 1.86. The lowest BCUT2D eigenvalue weighted by Crippen LogP contribution is -2.24. The average Bonchev–Trinajstić information content (AvgIpc) is 3.92. The molecule has 0 atom stereocenters. The van der Waals surface area contributed by atoms with Crippen LogP contribution in [0.15, 0.2) is 206 Å². The van der Waals surface area contributed by atoms with E-state index in [1.807, 2.05) is 54.6 Å². The van der Waals surface area contributed by atoms with Gasteiger partial charge < -0.3 is 14.5 Å². The third-order valence-corrected chi connectivity index (χ3v) is 13.5. The van der Waals surface area contributed by atoms with E-state index in [9.17, 15) is 0 Å². The fourth-order valence-electron chi connectivity index (χ4n) is 9.66. The molecule has 10 aromatic rings. The second-order valence-corrected chi connectivity index (χ2v) is 19.2. The predicted octanol–water partition coefficient (Wildman–Crippen LogP) is 16.5. The van der Waals surface area contributed by atoms with Gasteiger partial charge in [-0.2, -0.15) is 0 Å². The summed E-state index contributed by atoms with van der Waals surface area (Å²) in [6.45, 7) is 9.37. The first-order valence-corrected chi connectivity index (χ1v) is 23.0. The largest absolute Gasteiger partial charge is 0.457 e. The Balaban J connectivity index is 0.953. The molecule has 0 spiro atoms. The minimum absolute atomic E-state index is 0.00300. The SMILES string of the molecule is [2H]C([2H])([2H])c1cc(-n2c3ccccc3c3ccc(Oc4cccc(N5CN(c6cccc(C(C)(C)C)c6)c6cc(-c7ccccc7)ccc65)c4)cc32)ncc1-c1cccc(C(C)(C)c2ccccc2)c1. The average molecular weight is 874 g/mol. The van der Waals surface area contributed by atoms with Crippen LogP contribution in [-0.2, 0) is 10.8 Å². The lowest BCUT2D eigenvalue weighted by atomic mass is 9.77. The molecule has 0 saturated carbocycles. The summed E-state index contributed by atoms with van der Waals surface area (Å²) in [6.07, 6.45) is 1.72. The number of nitrogens with zero attached hydrogens (tertiary/aromatic N) is 4. The Morgan fingerprint density at radius 3 is 1.96 bits per heavy atom. The van der Waals surface area contributed by atoms with Crippen molar-refractivity contribution in [3.8, 4) is 39.6 Å². The zero-order valence-electron chi connectivity index (χ0n) is 41.5.